The summed E-state index contributed by atoms with van der Waals surface area (Å²) in [6, 6.07) is 3.29. The Labute approximate surface area is 122 Å². The van der Waals surface area contributed by atoms with Crippen LogP contribution >= 0.6 is 0 Å². The zero-order valence-corrected chi connectivity index (χ0v) is 12.0. The predicted octanol–water partition coefficient (Wildman–Crippen LogP) is 1.33. The molecular formula is C14H18N4O3. The van der Waals surface area contributed by atoms with E-state index in [-0.39, 0.29) is 18.1 Å². The van der Waals surface area contributed by atoms with Gasteiger partial charge < -0.3 is 20.2 Å². The summed E-state index contributed by atoms with van der Waals surface area (Å²) in [6.45, 7) is 2.27. The third-order valence-corrected chi connectivity index (χ3v) is 2.95. The number of aryl methyl sites for hydroxylation is 1. The first kappa shape index (κ1) is 15.0. The Morgan fingerprint density at radius 2 is 2.19 bits per heavy atom. The fourth-order valence-corrected chi connectivity index (χ4v) is 1.88. The maximum Gasteiger partial charge on any atom is 0.274 e. The van der Waals surface area contributed by atoms with Gasteiger partial charge in [-0.3, -0.25) is 4.79 Å². The molecule has 0 aliphatic heterocycles. The molecule has 112 valence electrons. The highest BCUT2D eigenvalue weighted by Gasteiger charge is 2.21. The molecule has 2 rings (SSSR count). The van der Waals surface area contributed by atoms with Crippen LogP contribution in [-0.2, 0) is 11.2 Å². The number of amides is 1. The fraction of sp³-hybridized carbons (Fsp3) is 0.357. The number of aromatic nitrogens is 2. The second-order valence-corrected chi connectivity index (χ2v) is 4.43. The molecule has 2 aromatic heterocycles. The summed E-state index contributed by atoms with van der Waals surface area (Å²) in [4.78, 5) is 20.0. The molecule has 0 unspecified atom stereocenters. The van der Waals surface area contributed by atoms with E-state index in [4.69, 9.17) is 14.9 Å². The van der Waals surface area contributed by atoms with Crippen LogP contribution in [0.15, 0.2) is 28.9 Å². The number of furan rings is 1. The molecule has 0 aromatic carbocycles. The van der Waals surface area contributed by atoms with Gasteiger partial charge in [0.1, 0.15) is 17.6 Å². The number of nitrogen functional groups attached to an aromatic ring is 1. The van der Waals surface area contributed by atoms with Crippen LogP contribution in [0.1, 0.15) is 35.0 Å². The number of nitrogens with two attached hydrogens (primary N) is 1. The lowest BCUT2D eigenvalue weighted by Crippen LogP contribution is -2.32. The predicted molar refractivity (Wildman–Crippen MR) is 76.6 cm³/mol. The van der Waals surface area contributed by atoms with Gasteiger partial charge in [0.25, 0.3) is 5.91 Å². The van der Waals surface area contributed by atoms with Crippen molar-refractivity contribution in [3.63, 3.8) is 0 Å². The van der Waals surface area contributed by atoms with Gasteiger partial charge in [0.15, 0.2) is 11.5 Å². The van der Waals surface area contributed by atoms with Crippen molar-refractivity contribution in [1.82, 2.24) is 15.3 Å². The van der Waals surface area contributed by atoms with Crippen molar-refractivity contribution in [3.05, 3.63) is 41.7 Å². The molecule has 0 aliphatic rings. The van der Waals surface area contributed by atoms with Crippen LogP contribution in [0.4, 0.5) is 5.82 Å². The van der Waals surface area contributed by atoms with E-state index >= 15 is 0 Å². The molecule has 0 bridgehead atoms. The zero-order valence-electron chi connectivity index (χ0n) is 12.0. The van der Waals surface area contributed by atoms with Crippen molar-refractivity contribution in [2.75, 3.05) is 19.5 Å². The van der Waals surface area contributed by atoms with E-state index in [1.165, 1.54) is 12.4 Å². The second-order valence-electron chi connectivity index (χ2n) is 4.43. The molecule has 21 heavy (non-hydrogen) atoms. The van der Waals surface area contributed by atoms with Gasteiger partial charge in [-0.1, -0.05) is 6.92 Å². The molecule has 0 radical (unpaired) electrons. The van der Waals surface area contributed by atoms with Crippen molar-refractivity contribution in [2.45, 2.75) is 19.4 Å². The van der Waals surface area contributed by atoms with Crippen LogP contribution in [-0.4, -0.2) is 29.6 Å². The van der Waals surface area contributed by atoms with Gasteiger partial charge in [-0.15, -0.1) is 0 Å². The molecule has 0 spiro atoms. The molecule has 3 N–H and O–H groups in total. The number of hydrogen-bond acceptors (Lipinski definition) is 6. The number of hydrogen-bond donors (Lipinski definition) is 2. The summed E-state index contributed by atoms with van der Waals surface area (Å²) in [7, 11) is 1.56. The van der Waals surface area contributed by atoms with Crippen molar-refractivity contribution < 1.29 is 13.9 Å². The third-order valence-electron chi connectivity index (χ3n) is 2.95. The molecule has 1 atom stereocenters. The lowest BCUT2D eigenvalue weighted by atomic mass is 10.2. The topological polar surface area (TPSA) is 103 Å². The van der Waals surface area contributed by atoms with E-state index in [9.17, 15) is 4.79 Å². The Hall–Kier alpha value is -2.41. The number of nitrogens with one attached hydrogen (secondary N) is 1. The average Bonchev–Trinajstić information content (AvgIpc) is 2.96. The van der Waals surface area contributed by atoms with Crippen molar-refractivity contribution in [3.8, 4) is 0 Å². The summed E-state index contributed by atoms with van der Waals surface area (Å²) in [5, 5.41) is 2.79. The minimum absolute atomic E-state index is 0.0832. The van der Waals surface area contributed by atoms with E-state index in [2.05, 4.69) is 15.3 Å². The first-order valence-corrected chi connectivity index (χ1v) is 6.60. The van der Waals surface area contributed by atoms with Crippen LogP contribution < -0.4 is 11.1 Å². The van der Waals surface area contributed by atoms with E-state index in [0.717, 1.165) is 12.2 Å². The van der Waals surface area contributed by atoms with Crippen molar-refractivity contribution >= 4 is 11.7 Å². The lowest BCUT2D eigenvalue weighted by Gasteiger charge is -2.15. The highest BCUT2D eigenvalue weighted by molar-refractivity contribution is 5.96. The minimum Gasteiger partial charge on any atom is -0.464 e. The third kappa shape index (κ3) is 3.57. The Morgan fingerprint density at radius 3 is 2.81 bits per heavy atom. The summed E-state index contributed by atoms with van der Waals surface area (Å²) in [6.07, 6.45) is 3.63. The fourth-order valence-electron chi connectivity index (χ4n) is 1.88. The number of carbonyl (C=O) groups excluding carboxylic acids is 1. The van der Waals surface area contributed by atoms with Crippen molar-refractivity contribution in [2.24, 2.45) is 0 Å². The van der Waals surface area contributed by atoms with Gasteiger partial charge in [0.2, 0.25) is 0 Å². The Balaban J connectivity index is 2.16. The van der Waals surface area contributed by atoms with Gasteiger partial charge in [0, 0.05) is 25.9 Å². The standard InChI is InChI=1S/C14H18N4O3/c1-3-9-4-5-11(21-9)10(8-20-2)18-14(19)12-13(15)17-7-6-16-12/h4-7,10H,3,8H2,1-2H3,(H2,15,17)(H,18,19)/t10-/m1/s1. The molecule has 7 heteroatoms. The number of ether oxygens (including phenoxy) is 1. The van der Waals surface area contributed by atoms with E-state index in [0.29, 0.717) is 5.76 Å². The zero-order chi connectivity index (χ0) is 15.2. The molecule has 2 aromatic rings. The van der Waals surface area contributed by atoms with Gasteiger partial charge in [-0.05, 0) is 12.1 Å². The first-order valence-electron chi connectivity index (χ1n) is 6.60. The summed E-state index contributed by atoms with van der Waals surface area (Å²) < 4.78 is 10.8. The van der Waals surface area contributed by atoms with Gasteiger partial charge in [-0.2, -0.15) is 0 Å². The monoisotopic (exact) mass is 290 g/mol. The number of anilines is 1. The number of nitrogens with zero attached hydrogens (tertiary/aromatic N) is 2. The van der Waals surface area contributed by atoms with E-state index in [1.54, 1.807) is 7.11 Å². The normalized spacial score (nSPS) is 12.1. The first-order chi connectivity index (χ1) is 10.2. The summed E-state index contributed by atoms with van der Waals surface area (Å²) >= 11 is 0. The summed E-state index contributed by atoms with van der Waals surface area (Å²) in [5.74, 6) is 1.14. The molecule has 7 nitrogen and oxygen atoms in total. The maximum atomic E-state index is 12.2. The quantitative estimate of drug-likeness (QED) is 0.832. The van der Waals surface area contributed by atoms with E-state index in [1.807, 2.05) is 19.1 Å². The molecule has 0 saturated carbocycles. The van der Waals surface area contributed by atoms with Crippen LogP contribution in [0.5, 0.6) is 0 Å². The highest BCUT2D eigenvalue weighted by Crippen LogP contribution is 2.18. The molecule has 1 amide bonds. The minimum atomic E-state index is -0.419. The Bertz CT molecular complexity index is 612. The largest absolute Gasteiger partial charge is 0.464 e. The molecular weight excluding hydrogens is 272 g/mol. The van der Waals surface area contributed by atoms with E-state index < -0.39 is 11.9 Å². The summed E-state index contributed by atoms with van der Waals surface area (Å²) in [5.41, 5.74) is 5.73. The van der Waals surface area contributed by atoms with Gasteiger partial charge >= 0.3 is 0 Å². The molecule has 0 aliphatic carbocycles. The second kappa shape index (κ2) is 6.85. The highest BCUT2D eigenvalue weighted by atomic mass is 16.5. The van der Waals surface area contributed by atoms with Crippen LogP contribution in [0.3, 0.4) is 0 Å². The SMILES string of the molecule is CCc1ccc([C@@H](COC)NC(=O)c2nccnc2N)o1. The van der Waals surface area contributed by atoms with Gasteiger partial charge in [0.05, 0.1) is 6.61 Å². The van der Waals surface area contributed by atoms with Crippen molar-refractivity contribution in [1.29, 1.82) is 0 Å². The Kier molecular flexibility index (Phi) is 4.89. The number of rotatable bonds is 6. The Morgan fingerprint density at radius 1 is 1.43 bits per heavy atom. The van der Waals surface area contributed by atoms with Crippen LogP contribution in [0.2, 0.25) is 0 Å². The number of carbonyl (C=O) groups is 1. The lowest BCUT2D eigenvalue weighted by molar-refractivity contribution is 0.0878. The van der Waals surface area contributed by atoms with Gasteiger partial charge in [-0.25, -0.2) is 9.97 Å². The maximum absolute atomic E-state index is 12.2. The molecule has 2 heterocycles. The molecule has 0 saturated heterocycles. The average molecular weight is 290 g/mol. The van der Waals surface area contributed by atoms with Crippen LogP contribution in [0, 0.1) is 0 Å². The smallest absolute Gasteiger partial charge is 0.274 e. The molecule has 0 fully saturated rings. The van der Waals surface area contributed by atoms with Crippen LogP contribution in [0.25, 0.3) is 0 Å². The number of methoxy groups -OCH3 is 1.